The molecular formula is C16H33ClO3. The third-order valence-corrected chi connectivity index (χ3v) is 3.95. The number of alkyl halides is 1. The Morgan fingerprint density at radius 3 is 1.70 bits per heavy atom. The van der Waals surface area contributed by atoms with Crippen LogP contribution >= 0.6 is 11.6 Å². The molecule has 0 aromatic carbocycles. The average Bonchev–Trinajstić information content (AvgIpc) is 2.38. The summed E-state index contributed by atoms with van der Waals surface area (Å²) in [4.78, 5) is 0. The summed E-state index contributed by atoms with van der Waals surface area (Å²) in [6.45, 7) is 12.9. The molecule has 0 saturated heterocycles. The molecule has 1 unspecified atom stereocenters. The van der Waals surface area contributed by atoms with Gasteiger partial charge in [0.2, 0.25) is 0 Å². The Bertz CT molecular complexity index is 204. The van der Waals surface area contributed by atoms with Crippen LogP contribution < -0.4 is 0 Å². The highest BCUT2D eigenvalue weighted by Crippen LogP contribution is 2.27. The summed E-state index contributed by atoms with van der Waals surface area (Å²) in [6.07, 6.45) is 4.30. The van der Waals surface area contributed by atoms with E-state index in [0.717, 1.165) is 32.5 Å². The molecule has 0 aromatic heterocycles. The van der Waals surface area contributed by atoms with E-state index >= 15 is 0 Å². The lowest BCUT2D eigenvalue weighted by atomic mass is 9.89. The van der Waals surface area contributed by atoms with Crippen LogP contribution in [0.1, 0.15) is 53.4 Å². The zero-order valence-electron chi connectivity index (χ0n) is 13.8. The Hall–Kier alpha value is 0.170. The molecule has 0 N–H and O–H groups in total. The van der Waals surface area contributed by atoms with Crippen molar-refractivity contribution in [1.29, 1.82) is 0 Å². The van der Waals surface area contributed by atoms with Crippen LogP contribution in [0.5, 0.6) is 0 Å². The summed E-state index contributed by atoms with van der Waals surface area (Å²) in [5, 5.41) is 0.211. The first-order chi connectivity index (χ1) is 9.48. The highest BCUT2D eigenvalue weighted by Gasteiger charge is 2.21. The Morgan fingerprint density at radius 2 is 1.25 bits per heavy atom. The standard InChI is InChI=1S/C16H33ClO3/c1-5-6-9-18-11-13-20-14-12-19-10-7-8-15(17)16(2,3)4/h15H,5-14H2,1-4H3. The quantitative estimate of drug-likeness (QED) is 0.376. The van der Waals surface area contributed by atoms with Crippen LogP contribution in [0.4, 0.5) is 0 Å². The molecule has 122 valence electrons. The van der Waals surface area contributed by atoms with Crippen LogP contribution in [0, 0.1) is 5.41 Å². The smallest absolute Gasteiger partial charge is 0.0701 e. The van der Waals surface area contributed by atoms with Gasteiger partial charge < -0.3 is 14.2 Å². The topological polar surface area (TPSA) is 27.7 Å². The van der Waals surface area contributed by atoms with Gasteiger partial charge in [-0.2, -0.15) is 0 Å². The van der Waals surface area contributed by atoms with Gasteiger partial charge in [0.25, 0.3) is 0 Å². The maximum atomic E-state index is 6.30. The first kappa shape index (κ1) is 20.2. The second-order valence-corrected chi connectivity index (χ2v) is 6.69. The fraction of sp³-hybridized carbons (Fsp3) is 1.00. The molecular weight excluding hydrogens is 276 g/mol. The van der Waals surface area contributed by atoms with E-state index in [1.54, 1.807) is 0 Å². The van der Waals surface area contributed by atoms with Gasteiger partial charge in [0.05, 0.1) is 26.4 Å². The van der Waals surface area contributed by atoms with Crippen molar-refractivity contribution in [3.63, 3.8) is 0 Å². The molecule has 0 rings (SSSR count). The Balaban J connectivity index is 3.14. The molecule has 0 aliphatic rings. The van der Waals surface area contributed by atoms with E-state index in [1.165, 1.54) is 6.42 Å². The summed E-state index contributed by atoms with van der Waals surface area (Å²) < 4.78 is 16.3. The second kappa shape index (κ2) is 12.9. The van der Waals surface area contributed by atoms with Crippen molar-refractivity contribution < 1.29 is 14.2 Å². The molecule has 0 bridgehead atoms. The summed E-state index contributed by atoms with van der Waals surface area (Å²) >= 11 is 6.30. The zero-order chi connectivity index (χ0) is 15.3. The van der Waals surface area contributed by atoms with Crippen molar-refractivity contribution in [2.24, 2.45) is 5.41 Å². The fourth-order valence-corrected chi connectivity index (χ4v) is 1.74. The van der Waals surface area contributed by atoms with Crippen molar-refractivity contribution in [3.8, 4) is 0 Å². The molecule has 0 amide bonds. The van der Waals surface area contributed by atoms with Gasteiger partial charge in [0.1, 0.15) is 0 Å². The number of rotatable bonds is 13. The summed E-state index contributed by atoms with van der Waals surface area (Å²) in [6, 6.07) is 0. The Morgan fingerprint density at radius 1 is 0.800 bits per heavy atom. The van der Waals surface area contributed by atoms with Gasteiger partial charge in [-0.25, -0.2) is 0 Å². The number of hydrogen-bond donors (Lipinski definition) is 0. The molecule has 0 aliphatic heterocycles. The lowest BCUT2D eigenvalue weighted by Gasteiger charge is -2.24. The average molecular weight is 309 g/mol. The van der Waals surface area contributed by atoms with Crippen LogP contribution in [-0.2, 0) is 14.2 Å². The van der Waals surface area contributed by atoms with Crippen LogP contribution in [0.2, 0.25) is 0 Å². The van der Waals surface area contributed by atoms with Crippen LogP contribution in [0.25, 0.3) is 0 Å². The van der Waals surface area contributed by atoms with Gasteiger partial charge in [-0.05, 0) is 24.7 Å². The number of ether oxygens (including phenoxy) is 3. The van der Waals surface area contributed by atoms with E-state index in [1.807, 2.05) is 0 Å². The predicted molar refractivity (Wildman–Crippen MR) is 85.7 cm³/mol. The van der Waals surface area contributed by atoms with Gasteiger partial charge in [-0.15, -0.1) is 11.6 Å². The van der Waals surface area contributed by atoms with Crippen molar-refractivity contribution in [1.82, 2.24) is 0 Å². The molecule has 0 aromatic rings. The summed E-state index contributed by atoms with van der Waals surface area (Å²) in [5.41, 5.74) is 0.169. The molecule has 0 fully saturated rings. The molecule has 0 spiro atoms. The maximum Gasteiger partial charge on any atom is 0.0701 e. The van der Waals surface area contributed by atoms with Crippen molar-refractivity contribution in [2.75, 3.05) is 39.6 Å². The van der Waals surface area contributed by atoms with Crippen molar-refractivity contribution in [2.45, 2.75) is 58.8 Å². The maximum absolute atomic E-state index is 6.30. The van der Waals surface area contributed by atoms with Gasteiger partial charge in [0, 0.05) is 18.6 Å². The highest BCUT2D eigenvalue weighted by atomic mass is 35.5. The van der Waals surface area contributed by atoms with E-state index in [0.29, 0.717) is 26.4 Å². The number of halogens is 1. The van der Waals surface area contributed by atoms with Crippen molar-refractivity contribution >= 4 is 11.6 Å². The Kier molecular flexibility index (Phi) is 13.0. The molecule has 0 aliphatic carbocycles. The zero-order valence-corrected chi connectivity index (χ0v) is 14.5. The fourth-order valence-electron chi connectivity index (χ4n) is 1.59. The van der Waals surface area contributed by atoms with E-state index in [9.17, 15) is 0 Å². The molecule has 0 heterocycles. The predicted octanol–water partition coefficient (Wildman–Crippen LogP) is 4.27. The first-order valence-corrected chi connectivity index (χ1v) is 8.29. The molecule has 4 heteroatoms. The second-order valence-electron chi connectivity index (χ2n) is 6.17. The minimum Gasteiger partial charge on any atom is -0.379 e. The third kappa shape index (κ3) is 13.2. The van der Waals surface area contributed by atoms with Gasteiger partial charge >= 0.3 is 0 Å². The number of unbranched alkanes of at least 4 members (excludes halogenated alkanes) is 1. The van der Waals surface area contributed by atoms with Crippen LogP contribution in [-0.4, -0.2) is 45.0 Å². The molecule has 0 saturated carbocycles. The first-order valence-electron chi connectivity index (χ1n) is 7.85. The molecule has 0 radical (unpaired) electrons. The van der Waals surface area contributed by atoms with Crippen LogP contribution in [0.3, 0.4) is 0 Å². The van der Waals surface area contributed by atoms with E-state index < -0.39 is 0 Å². The molecule has 3 nitrogen and oxygen atoms in total. The Labute approximate surface area is 130 Å². The lowest BCUT2D eigenvalue weighted by Crippen LogP contribution is -2.21. The lowest BCUT2D eigenvalue weighted by molar-refractivity contribution is 0.0132. The van der Waals surface area contributed by atoms with Gasteiger partial charge in [-0.3, -0.25) is 0 Å². The minimum atomic E-state index is 0.169. The van der Waals surface area contributed by atoms with Crippen molar-refractivity contribution in [3.05, 3.63) is 0 Å². The number of hydrogen-bond acceptors (Lipinski definition) is 3. The normalized spacial score (nSPS) is 13.7. The molecule has 1 atom stereocenters. The summed E-state index contributed by atoms with van der Waals surface area (Å²) in [7, 11) is 0. The SMILES string of the molecule is CCCCOCCOCCOCCCC(Cl)C(C)(C)C. The summed E-state index contributed by atoms with van der Waals surface area (Å²) in [5.74, 6) is 0. The highest BCUT2D eigenvalue weighted by molar-refractivity contribution is 6.21. The largest absolute Gasteiger partial charge is 0.379 e. The van der Waals surface area contributed by atoms with E-state index in [4.69, 9.17) is 25.8 Å². The van der Waals surface area contributed by atoms with E-state index in [2.05, 4.69) is 27.7 Å². The van der Waals surface area contributed by atoms with Gasteiger partial charge in [0.15, 0.2) is 0 Å². The minimum absolute atomic E-state index is 0.169. The van der Waals surface area contributed by atoms with Crippen LogP contribution in [0.15, 0.2) is 0 Å². The van der Waals surface area contributed by atoms with E-state index in [-0.39, 0.29) is 10.8 Å². The molecule has 20 heavy (non-hydrogen) atoms. The van der Waals surface area contributed by atoms with Gasteiger partial charge in [-0.1, -0.05) is 34.1 Å². The monoisotopic (exact) mass is 308 g/mol. The third-order valence-electron chi connectivity index (χ3n) is 3.07.